The van der Waals surface area contributed by atoms with Crippen molar-refractivity contribution in [1.29, 1.82) is 0 Å². The molecule has 0 amide bonds. The summed E-state index contributed by atoms with van der Waals surface area (Å²) < 4.78 is 16.8. The molecule has 0 aromatic rings. The van der Waals surface area contributed by atoms with E-state index in [1.807, 2.05) is 0 Å². The Morgan fingerprint density at radius 3 is 0.938 bits per heavy atom. The summed E-state index contributed by atoms with van der Waals surface area (Å²) >= 11 is 0. The molecule has 1 atom stereocenters. The molecule has 0 saturated heterocycles. The Labute approximate surface area is 402 Å². The molecule has 0 radical (unpaired) electrons. The fourth-order valence-electron chi connectivity index (χ4n) is 7.88. The normalized spacial score (nSPS) is 12.5. The quantitative estimate of drug-likeness (QED) is 0.0262. The van der Waals surface area contributed by atoms with Crippen LogP contribution in [0.3, 0.4) is 0 Å². The van der Waals surface area contributed by atoms with Crippen LogP contribution in [-0.4, -0.2) is 37.2 Å². The molecule has 6 heteroatoms. The molecule has 376 valence electrons. The van der Waals surface area contributed by atoms with Gasteiger partial charge in [-0.1, -0.05) is 255 Å². The van der Waals surface area contributed by atoms with Crippen LogP contribution in [0.4, 0.5) is 0 Å². The van der Waals surface area contributed by atoms with Crippen molar-refractivity contribution < 1.29 is 28.6 Å². The second-order valence-electron chi connectivity index (χ2n) is 18.5. The minimum absolute atomic E-state index is 0.0812. The van der Waals surface area contributed by atoms with Gasteiger partial charge in [0, 0.05) is 19.3 Å². The summed E-state index contributed by atoms with van der Waals surface area (Å²) in [6.45, 7) is 6.52. The molecule has 0 aliphatic rings. The van der Waals surface area contributed by atoms with Gasteiger partial charge in [0.1, 0.15) is 13.2 Å². The van der Waals surface area contributed by atoms with E-state index in [9.17, 15) is 14.4 Å². The summed E-state index contributed by atoms with van der Waals surface area (Å²) in [5.41, 5.74) is 0. The summed E-state index contributed by atoms with van der Waals surface area (Å²) in [4.78, 5) is 38.0. The summed E-state index contributed by atoms with van der Waals surface area (Å²) in [7, 11) is 0. The van der Waals surface area contributed by atoms with Gasteiger partial charge in [0.25, 0.3) is 0 Å². The van der Waals surface area contributed by atoms with Crippen LogP contribution in [0, 0.1) is 0 Å². The van der Waals surface area contributed by atoms with Gasteiger partial charge in [-0.25, -0.2) is 0 Å². The molecule has 0 rings (SSSR count). The zero-order valence-corrected chi connectivity index (χ0v) is 43.0. The third kappa shape index (κ3) is 51.9. The minimum atomic E-state index is -0.783. The van der Waals surface area contributed by atoms with E-state index in [1.54, 1.807) is 0 Å². The Balaban J connectivity index is 4.38. The Morgan fingerprint density at radius 1 is 0.323 bits per heavy atom. The molecule has 0 N–H and O–H groups in total. The number of unbranched alkanes of at least 4 members (excludes halogenated alkanes) is 29. The lowest BCUT2D eigenvalue weighted by atomic mass is 10.0. The molecule has 0 heterocycles. The van der Waals surface area contributed by atoms with E-state index in [-0.39, 0.29) is 31.1 Å². The second kappa shape index (κ2) is 53.7. The van der Waals surface area contributed by atoms with Gasteiger partial charge in [-0.15, -0.1) is 0 Å². The lowest BCUT2D eigenvalue weighted by molar-refractivity contribution is -0.167. The van der Waals surface area contributed by atoms with Crippen LogP contribution in [0.15, 0.2) is 60.8 Å². The lowest BCUT2D eigenvalue weighted by Gasteiger charge is -2.18. The van der Waals surface area contributed by atoms with Gasteiger partial charge in [-0.2, -0.15) is 0 Å². The number of ether oxygens (including phenoxy) is 3. The van der Waals surface area contributed by atoms with Crippen LogP contribution >= 0.6 is 0 Å². The number of carbonyl (C=O) groups excluding carboxylic acids is 3. The maximum absolute atomic E-state index is 12.8. The Hall–Kier alpha value is -2.89. The summed E-state index contributed by atoms with van der Waals surface area (Å²) in [5, 5.41) is 0. The van der Waals surface area contributed by atoms with Crippen molar-refractivity contribution in [1.82, 2.24) is 0 Å². The maximum Gasteiger partial charge on any atom is 0.306 e. The van der Waals surface area contributed by atoms with E-state index in [2.05, 4.69) is 81.5 Å². The predicted octanol–water partition coefficient (Wildman–Crippen LogP) is 18.4. The molecule has 1 unspecified atom stereocenters. The predicted molar refractivity (Wildman–Crippen MR) is 279 cm³/mol. The highest BCUT2D eigenvalue weighted by Crippen LogP contribution is 2.16. The molecule has 0 fully saturated rings. The van der Waals surface area contributed by atoms with Crippen LogP contribution in [0.2, 0.25) is 0 Å². The van der Waals surface area contributed by atoms with E-state index < -0.39 is 6.10 Å². The number of hydrogen-bond acceptors (Lipinski definition) is 6. The van der Waals surface area contributed by atoms with Gasteiger partial charge >= 0.3 is 17.9 Å². The van der Waals surface area contributed by atoms with Gasteiger partial charge in [0.2, 0.25) is 0 Å². The number of esters is 3. The topological polar surface area (TPSA) is 78.9 Å². The molecular weight excluding hydrogens is 805 g/mol. The van der Waals surface area contributed by atoms with Gasteiger partial charge in [0.05, 0.1) is 0 Å². The number of allylic oxidation sites excluding steroid dienone is 10. The van der Waals surface area contributed by atoms with Crippen LogP contribution in [0.25, 0.3) is 0 Å². The molecule has 0 spiro atoms. The third-order valence-corrected chi connectivity index (χ3v) is 12.0. The summed E-state index contributed by atoms with van der Waals surface area (Å²) in [6.07, 6.45) is 66.4. The number of hydrogen-bond donors (Lipinski definition) is 0. The van der Waals surface area contributed by atoms with Crippen molar-refractivity contribution in [3.05, 3.63) is 60.8 Å². The van der Waals surface area contributed by atoms with E-state index in [0.717, 1.165) is 96.3 Å². The van der Waals surface area contributed by atoms with Crippen molar-refractivity contribution in [2.45, 2.75) is 284 Å². The average Bonchev–Trinajstić information content (AvgIpc) is 3.30. The fourth-order valence-corrected chi connectivity index (χ4v) is 7.88. The molecule has 65 heavy (non-hydrogen) atoms. The average molecular weight is 909 g/mol. The van der Waals surface area contributed by atoms with E-state index >= 15 is 0 Å². The molecule has 0 bridgehead atoms. The first-order valence-electron chi connectivity index (χ1n) is 27.8. The van der Waals surface area contributed by atoms with Gasteiger partial charge in [-0.3, -0.25) is 14.4 Å². The molecule has 0 aromatic carbocycles. The molecule has 0 aromatic heterocycles. The first-order chi connectivity index (χ1) is 32.0. The maximum atomic E-state index is 12.8. The lowest BCUT2D eigenvalue weighted by Crippen LogP contribution is -2.30. The first-order valence-corrected chi connectivity index (χ1v) is 27.8. The fraction of sp³-hybridized carbons (Fsp3) is 0.780. The third-order valence-electron chi connectivity index (χ3n) is 12.0. The molecule has 0 aliphatic heterocycles. The van der Waals surface area contributed by atoms with E-state index in [1.165, 1.54) is 141 Å². The van der Waals surface area contributed by atoms with Crippen molar-refractivity contribution >= 4 is 17.9 Å². The molecule has 0 saturated carbocycles. The highest BCUT2D eigenvalue weighted by atomic mass is 16.6. The first kappa shape index (κ1) is 62.1. The van der Waals surface area contributed by atoms with Gasteiger partial charge in [0.15, 0.2) is 6.10 Å². The highest BCUT2D eigenvalue weighted by molar-refractivity contribution is 5.71. The zero-order valence-electron chi connectivity index (χ0n) is 43.0. The highest BCUT2D eigenvalue weighted by Gasteiger charge is 2.19. The Bertz CT molecular complexity index is 1180. The van der Waals surface area contributed by atoms with Crippen molar-refractivity contribution in [2.24, 2.45) is 0 Å². The van der Waals surface area contributed by atoms with Crippen molar-refractivity contribution in [3.8, 4) is 0 Å². The number of rotatable bonds is 50. The largest absolute Gasteiger partial charge is 0.462 e. The van der Waals surface area contributed by atoms with Crippen molar-refractivity contribution in [3.63, 3.8) is 0 Å². The minimum Gasteiger partial charge on any atom is -0.462 e. The van der Waals surface area contributed by atoms with E-state index in [4.69, 9.17) is 14.2 Å². The Kier molecular flexibility index (Phi) is 51.3. The van der Waals surface area contributed by atoms with Crippen molar-refractivity contribution in [2.75, 3.05) is 13.2 Å². The summed E-state index contributed by atoms with van der Waals surface area (Å²) in [6, 6.07) is 0. The van der Waals surface area contributed by atoms with Crippen LogP contribution < -0.4 is 0 Å². The second-order valence-corrected chi connectivity index (χ2v) is 18.5. The standard InChI is InChI=1S/C59H104O6/c1-4-7-10-13-16-19-22-24-26-28-29-31-32-34-37-40-43-46-49-52-58(61)64-55-56(54-63-57(60)51-48-45-42-39-36-21-18-15-12-9-6-3)65-59(62)53-50-47-44-41-38-35-33-30-27-25-23-20-17-14-11-8-5-2/h7,10,16,19,24,26,29,31,34,37,56H,4-6,8-9,11-15,17-18,20-23,25,27-28,30,32-33,35-36,38-55H2,1-3H3/b10-7-,19-16-,26-24-,31-29-,37-34-. The zero-order chi connectivity index (χ0) is 47.2. The molecule has 0 aliphatic carbocycles. The van der Waals surface area contributed by atoms with E-state index in [0.29, 0.717) is 19.3 Å². The van der Waals surface area contributed by atoms with Gasteiger partial charge in [-0.05, 0) is 64.2 Å². The molecular formula is C59H104O6. The summed E-state index contributed by atoms with van der Waals surface area (Å²) in [5.74, 6) is -0.904. The smallest absolute Gasteiger partial charge is 0.306 e. The molecule has 6 nitrogen and oxygen atoms in total. The SMILES string of the molecule is CC/C=C\C/C=C\C/C=C\C/C=C\C/C=C\CCCCCC(=O)OCC(COC(=O)CCCCCCCCCCCCC)OC(=O)CCCCCCCCCCCCCCCCCCC. The van der Waals surface area contributed by atoms with Crippen LogP contribution in [-0.2, 0) is 28.6 Å². The number of carbonyl (C=O) groups is 3. The monoisotopic (exact) mass is 909 g/mol. The van der Waals surface area contributed by atoms with Crippen LogP contribution in [0.1, 0.15) is 278 Å². The Morgan fingerprint density at radius 2 is 0.600 bits per heavy atom. The van der Waals surface area contributed by atoms with Gasteiger partial charge < -0.3 is 14.2 Å². The van der Waals surface area contributed by atoms with Crippen LogP contribution in [0.5, 0.6) is 0 Å².